The second-order valence-electron chi connectivity index (χ2n) is 3.75. The van der Waals surface area contributed by atoms with E-state index < -0.39 is 5.97 Å². The number of carboxylic acids is 1. The standard InChI is InChI=1S/C10H20N2O3/c1-8(7-10(14)15)6-9(13)12-5-3-2-4-11/h8H,2-7,11H2,1H3,(H,12,13)(H,14,15). The fourth-order valence-electron chi connectivity index (χ4n) is 1.26. The Morgan fingerprint density at radius 2 is 2.00 bits per heavy atom. The van der Waals surface area contributed by atoms with Crippen molar-refractivity contribution in [3.05, 3.63) is 0 Å². The molecule has 15 heavy (non-hydrogen) atoms. The number of aliphatic carboxylic acids is 1. The number of amides is 1. The van der Waals surface area contributed by atoms with Crippen LogP contribution in [0.15, 0.2) is 0 Å². The number of hydrogen-bond acceptors (Lipinski definition) is 3. The fourth-order valence-corrected chi connectivity index (χ4v) is 1.26. The van der Waals surface area contributed by atoms with Gasteiger partial charge in [0.25, 0.3) is 0 Å². The molecule has 0 fully saturated rings. The number of carbonyl (C=O) groups excluding carboxylic acids is 1. The highest BCUT2D eigenvalue weighted by molar-refractivity contribution is 5.77. The third-order valence-corrected chi connectivity index (χ3v) is 2.01. The van der Waals surface area contributed by atoms with Gasteiger partial charge >= 0.3 is 5.97 Å². The Morgan fingerprint density at radius 1 is 1.33 bits per heavy atom. The van der Waals surface area contributed by atoms with Crippen LogP contribution in [0, 0.1) is 5.92 Å². The zero-order valence-corrected chi connectivity index (χ0v) is 9.16. The van der Waals surface area contributed by atoms with E-state index in [1.54, 1.807) is 6.92 Å². The molecule has 0 rings (SSSR count). The summed E-state index contributed by atoms with van der Waals surface area (Å²) in [7, 11) is 0. The van der Waals surface area contributed by atoms with E-state index in [1.807, 2.05) is 0 Å². The summed E-state index contributed by atoms with van der Waals surface area (Å²) in [6.45, 7) is 3.01. The predicted octanol–water partition coefficient (Wildman–Crippen LogP) is 0.342. The summed E-state index contributed by atoms with van der Waals surface area (Å²) in [4.78, 5) is 21.6. The fraction of sp³-hybridized carbons (Fsp3) is 0.800. The van der Waals surface area contributed by atoms with E-state index in [4.69, 9.17) is 10.8 Å². The monoisotopic (exact) mass is 216 g/mol. The predicted molar refractivity (Wildman–Crippen MR) is 57.3 cm³/mol. The maximum Gasteiger partial charge on any atom is 0.303 e. The van der Waals surface area contributed by atoms with Gasteiger partial charge in [0, 0.05) is 19.4 Å². The Hall–Kier alpha value is -1.10. The van der Waals surface area contributed by atoms with Crippen molar-refractivity contribution in [2.75, 3.05) is 13.1 Å². The van der Waals surface area contributed by atoms with Crippen molar-refractivity contribution in [1.29, 1.82) is 0 Å². The van der Waals surface area contributed by atoms with Gasteiger partial charge in [-0.15, -0.1) is 0 Å². The van der Waals surface area contributed by atoms with Crippen molar-refractivity contribution in [2.24, 2.45) is 11.7 Å². The number of hydrogen-bond donors (Lipinski definition) is 3. The summed E-state index contributed by atoms with van der Waals surface area (Å²) in [6, 6.07) is 0. The zero-order valence-electron chi connectivity index (χ0n) is 9.16. The van der Waals surface area contributed by atoms with Gasteiger partial charge in [0.05, 0.1) is 0 Å². The maximum absolute atomic E-state index is 11.3. The van der Waals surface area contributed by atoms with Crippen molar-refractivity contribution in [3.8, 4) is 0 Å². The van der Waals surface area contributed by atoms with Crippen molar-refractivity contribution >= 4 is 11.9 Å². The Labute approximate surface area is 90.0 Å². The van der Waals surface area contributed by atoms with Crippen LogP contribution in [0.3, 0.4) is 0 Å². The first-order valence-corrected chi connectivity index (χ1v) is 5.24. The number of rotatable bonds is 8. The van der Waals surface area contributed by atoms with Crippen molar-refractivity contribution in [2.45, 2.75) is 32.6 Å². The van der Waals surface area contributed by atoms with Gasteiger partial charge in [0.15, 0.2) is 0 Å². The molecule has 0 saturated carbocycles. The highest BCUT2D eigenvalue weighted by atomic mass is 16.4. The molecule has 0 bridgehead atoms. The van der Waals surface area contributed by atoms with Crippen LogP contribution >= 0.6 is 0 Å². The second-order valence-corrected chi connectivity index (χ2v) is 3.75. The minimum absolute atomic E-state index is 0.0379. The average molecular weight is 216 g/mol. The first-order valence-electron chi connectivity index (χ1n) is 5.24. The largest absolute Gasteiger partial charge is 0.481 e. The van der Waals surface area contributed by atoms with E-state index >= 15 is 0 Å². The van der Waals surface area contributed by atoms with Crippen LogP contribution in [0.1, 0.15) is 32.6 Å². The lowest BCUT2D eigenvalue weighted by Gasteiger charge is -2.08. The maximum atomic E-state index is 11.3. The lowest BCUT2D eigenvalue weighted by atomic mass is 10.0. The number of nitrogens with two attached hydrogens (primary N) is 1. The first kappa shape index (κ1) is 13.9. The molecule has 0 spiro atoms. The van der Waals surface area contributed by atoms with E-state index in [9.17, 15) is 9.59 Å². The van der Waals surface area contributed by atoms with E-state index in [2.05, 4.69) is 5.32 Å². The van der Waals surface area contributed by atoms with Crippen LogP contribution in [0.5, 0.6) is 0 Å². The molecule has 5 heteroatoms. The molecule has 0 aliphatic carbocycles. The number of carboxylic acid groups (broad SMARTS) is 1. The van der Waals surface area contributed by atoms with Crippen LogP contribution in [0.25, 0.3) is 0 Å². The summed E-state index contributed by atoms with van der Waals surface area (Å²) in [5, 5.41) is 11.2. The molecule has 0 aliphatic heterocycles. The lowest BCUT2D eigenvalue weighted by molar-refractivity contribution is -0.138. The molecule has 0 heterocycles. The number of carbonyl (C=O) groups is 2. The third kappa shape index (κ3) is 9.21. The van der Waals surface area contributed by atoms with Gasteiger partial charge in [-0.25, -0.2) is 0 Å². The quantitative estimate of drug-likeness (QED) is 0.510. The van der Waals surface area contributed by atoms with Gasteiger partial charge in [-0.1, -0.05) is 6.92 Å². The molecule has 1 amide bonds. The molecule has 0 aromatic heterocycles. The van der Waals surface area contributed by atoms with Crippen molar-refractivity contribution < 1.29 is 14.7 Å². The third-order valence-electron chi connectivity index (χ3n) is 2.01. The minimum Gasteiger partial charge on any atom is -0.481 e. The summed E-state index contributed by atoms with van der Waals surface area (Å²) in [5.41, 5.74) is 5.30. The molecule has 0 aliphatic rings. The molecule has 0 saturated heterocycles. The SMILES string of the molecule is CC(CC(=O)O)CC(=O)NCCCCN. The van der Waals surface area contributed by atoms with Crippen LogP contribution in [-0.2, 0) is 9.59 Å². The topological polar surface area (TPSA) is 92.4 Å². The normalized spacial score (nSPS) is 12.1. The lowest BCUT2D eigenvalue weighted by Crippen LogP contribution is -2.26. The summed E-state index contributed by atoms with van der Waals surface area (Å²) < 4.78 is 0. The number of nitrogens with one attached hydrogen (secondary N) is 1. The van der Waals surface area contributed by atoms with Gasteiger partial charge in [-0.2, -0.15) is 0 Å². The smallest absolute Gasteiger partial charge is 0.303 e. The Bertz CT molecular complexity index is 207. The van der Waals surface area contributed by atoms with Gasteiger partial charge in [0.2, 0.25) is 5.91 Å². The zero-order chi connectivity index (χ0) is 11.7. The average Bonchev–Trinajstić information content (AvgIpc) is 2.10. The van der Waals surface area contributed by atoms with Gasteiger partial charge in [-0.3, -0.25) is 9.59 Å². The van der Waals surface area contributed by atoms with Gasteiger partial charge < -0.3 is 16.2 Å². The molecule has 1 atom stereocenters. The summed E-state index contributed by atoms with van der Waals surface area (Å²) in [6.07, 6.45) is 2.08. The van der Waals surface area contributed by atoms with E-state index in [0.29, 0.717) is 13.1 Å². The second kappa shape index (κ2) is 8.23. The molecule has 0 aromatic carbocycles. The Kier molecular flexibility index (Phi) is 7.62. The summed E-state index contributed by atoms with van der Waals surface area (Å²) in [5.74, 6) is -1.06. The van der Waals surface area contributed by atoms with Crippen LogP contribution < -0.4 is 11.1 Å². The van der Waals surface area contributed by atoms with Crippen molar-refractivity contribution in [1.82, 2.24) is 5.32 Å². The molecule has 5 nitrogen and oxygen atoms in total. The molecule has 4 N–H and O–H groups in total. The minimum atomic E-state index is -0.863. The summed E-state index contributed by atoms with van der Waals surface area (Å²) >= 11 is 0. The molecular formula is C10H20N2O3. The Morgan fingerprint density at radius 3 is 2.53 bits per heavy atom. The molecule has 0 radical (unpaired) electrons. The highest BCUT2D eigenvalue weighted by Gasteiger charge is 2.11. The van der Waals surface area contributed by atoms with Crippen LogP contribution in [0.4, 0.5) is 0 Å². The van der Waals surface area contributed by atoms with E-state index in [1.165, 1.54) is 0 Å². The van der Waals surface area contributed by atoms with Crippen LogP contribution in [0.2, 0.25) is 0 Å². The number of unbranched alkanes of at least 4 members (excludes halogenated alkanes) is 1. The highest BCUT2D eigenvalue weighted by Crippen LogP contribution is 2.06. The van der Waals surface area contributed by atoms with E-state index in [0.717, 1.165) is 12.8 Å². The van der Waals surface area contributed by atoms with Crippen molar-refractivity contribution in [3.63, 3.8) is 0 Å². The molecular weight excluding hydrogens is 196 g/mol. The van der Waals surface area contributed by atoms with Crippen LogP contribution in [-0.4, -0.2) is 30.1 Å². The molecule has 0 aromatic rings. The first-order chi connectivity index (χ1) is 7.06. The van der Waals surface area contributed by atoms with Gasteiger partial charge in [0.1, 0.15) is 0 Å². The molecule has 1 unspecified atom stereocenters. The van der Waals surface area contributed by atoms with E-state index in [-0.39, 0.29) is 24.7 Å². The van der Waals surface area contributed by atoms with Gasteiger partial charge in [-0.05, 0) is 25.3 Å². The molecule has 88 valence electrons. The Balaban J connectivity index is 3.51.